The highest BCUT2D eigenvalue weighted by Crippen LogP contribution is 2.26. The summed E-state index contributed by atoms with van der Waals surface area (Å²) in [5, 5.41) is 21.1. The van der Waals surface area contributed by atoms with Gasteiger partial charge in [-0.2, -0.15) is 0 Å². The van der Waals surface area contributed by atoms with Crippen molar-refractivity contribution >= 4 is 23.7 Å². The number of carbonyl (C=O) groups excluding carboxylic acids is 1. The van der Waals surface area contributed by atoms with Gasteiger partial charge in [-0.05, 0) is 31.1 Å². The van der Waals surface area contributed by atoms with E-state index in [0.717, 1.165) is 16.7 Å². The maximum atomic E-state index is 12.1. The van der Waals surface area contributed by atoms with Crippen LogP contribution >= 0.6 is 0 Å². The molecule has 0 saturated heterocycles. The first kappa shape index (κ1) is 15.9. The monoisotopic (exact) mass is 302 g/mol. The summed E-state index contributed by atoms with van der Waals surface area (Å²) in [5.74, 6) is -1.78. The minimum Gasteiger partial charge on any atom is -0.480 e. The smallest absolute Gasteiger partial charge is 0.322 e. The molecule has 22 heavy (non-hydrogen) atoms. The molecule has 1 aliphatic rings. The number of nitrogens with zero attached hydrogens (tertiary/aromatic N) is 1. The van der Waals surface area contributed by atoms with Gasteiger partial charge in [0.1, 0.15) is 12.6 Å². The van der Waals surface area contributed by atoms with Crippen LogP contribution in [0, 0.1) is 6.92 Å². The van der Waals surface area contributed by atoms with Crippen molar-refractivity contribution < 1.29 is 19.8 Å². The number of aliphatic hydroxyl groups is 1. The maximum absolute atomic E-state index is 12.1. The number of allylic oxidation sites excluding steroid dienone is 1. The first-order valence-corrected chi connectivity index (χ1v) is 6.85. The summed E-state index contributed by atoms with van der Waals surface area (Å²) in [6.07, 6.45) is 1.95. The fraction of sp³-hybridized carbons (Fsp3) is 0.312. The number of hydrogen-bond donors (Lipinski definition) is 3. The summed E-state index contributed by atoms with van der Waals surface area (Å²) in [4.78, 5) is 26.7. The van der Waals surface area contributed by atoms with Crippen molar-refractivity contribution in [3.63, 3.8) is 0 Å². The van der Waals surface area contributed by atoms with E-state index in [4.69, 9.17) is 5.11 Å². The van der Waals surface area contributed by atoms with E-state index in [-0.39, 0.29) is 0 Å². The molecule has 116 valence electrons. The van der Waals surface area contributed by atoms with Gasteiger partial charge in [0.15, 0.2) is 5.54 Å². The minimum absolute atomic E-state index is 0.509. The van der Waals surface area contributed by atoms with Crippen LogP contribution in [0.2, 0.25) is 0 Å². The van der Waals surface area contributed by atoms with Crippen molar-refractivity contribution in [3.8, 4) is 0 Å². The lowest BCUT2D eigenvalue weighted by molar-refractivity contribution is -0.139. The number of benzene rings is 1. The van der Waals surface area contributed by atoms with E-state index in [2.05, 4.69) is 10.3 Å². The number of carboxylic acids is 1. The van der Waals surface area contributed by atoms with Crippen LogP contribution in [0.5, 0.6) is 0 Å². The van der Waals surface area contributed by atoms with Gasteiger partial charge in [0.2, 0.25) is 0 Å². The normalized spacial score (nSPS) is 23.8. The van der Waals surface area contributed by atoms with E-state index >= 15 is 0 Å². The summed E-state index contributed by atoms with van der Waals surface area (Å²) in [6.45, 7) is 2.92. The molecule has 2 atom stereocenters. The molecule has 0 aliphatic carbocycles. The third-order valence-electron chi connectivity index (χ3n) is 3.60. The third kappa shape index (κ3) is 3.23. The van der Waals surface area contributed by atoms with Gasteiger partial charge >= 0.3 is 5.97 Å². The number of carboxylic acid groups (broad SMARTS) is 1. The molecule has 0 radical (unpaired) electrons. The standard InChI is InChI=1S/C16H18N2O4/c1-10-4-3-5-11(6-10)12-7-13(19)16(2,18-8-12)15(22)17-9-14(20)21/h3-8,13,19H,9H2,1-2H3,(H,17,22)(H,20,21). The highest BCUT2D eigenvalue weighted by molar-refractivity contribution is 6.12. The van der Waals surface area contributed by atoms with E-state index in [1.807, 2.05) is 31.2 Å². The number of nitrogens with one attached hydrogen (secondary N) is 1. The number of aliphatic imine (C=N–C) groups is 1. The zero-order chi connectivity index (χ0) is 16.3. The number of aliphatic hydroxyl groups excluding tert-OH is 1. The van der Waals surface area contributed by atoms with Crippen molar-refractivity contribution in [1.29, 1.82) is 0 Å². The molecular formula is C16H18N2O4. The van der Waals surface area contributed by atoms with Gasteiger partial charge in [-0.25, -0.2) is 0 Å². The molecule has 6 heteroatoms. The molecular weight excluding hydrogens is 284 g/mol. The average Bonchev–Trinajstić information content (AvgIpc) is 2.47. The molecule has 0 aromatic heterocycles. The number of carbonyl (C=O) groups is 2. The molecule has 1 aromatic carbocycles. The number of dihydropyridines is 1. The highest BCUT2D eigenvalue weighted by Gasteiger charge is 2.41. The van der Waals surface area contributed by atoms with Crippen molar-refractivity contribution in [2.24, 2.45) is 4.99 Å². The third-order valence-corrected chi connectivity index (χ3v) is 3.60. The molecule has 1 heterocycles. The van der Waals surface area contributed by atoms with Gasteiger partial charge in [0.05, 0.1) is 0 Å². The summed E-state index contributed by atoms with van der Waals surface area (Å²) in [7, 11) is 0. The SMILES string of the molecule is Cc1cccc(C2=CC(O)C(C)(C(=O)NCC(=O)O)N=C2)c1. The van der Waals surface area contributed by atoms with Crippen LogP contribution in [-0.2, 0) is 9.59 Å². The van der Waals surface area contributed by atoms with Gasteiger partial charge in [0, 0.05) is 6.21 Å². The van der Waals surface area contributed by atoms with E-state index in [0.29, 0.717) is 0 Å². The fourth-order valence-electron chi connectivity index (χ4n) is 2.18. The second-order valence-electron chi connectivity index (χ2n) is 5.42. The Balaban J connectivity index is 2.20. The fourth-order valence-corrected chi connectivity index (χ4v) is 2.18. The average molecular weight is 302 g/mol. The Bertz CT molecular complexity index is 666. The Hall–Kier alpha value is -2.47. The largest absolute Gasteiger partial charge is 0.480 e. The lowest BCUT2D eigenvalue weighted by Crippen LogP contribution is -2.52. The topological polar surface area (TPSA) is 99.0 Å². The van der Waals surface area contributed by atoms with E-state index in [9.17, 15) is 14.7 Å². The van der Waals surface area contributed by atoms with Gasteiger partial charge in [-0.15, -0.1) is 0 Å². The van der Waals surface area contributed by atoms with Gasteiger partial charge < -0.3 is 15.5 Å². The summed E-state index contributed by atoms with van der Waals surface area (Å²) in [6, 6.07) is 7.71. The van der Waals surface area contributed by atoms with Crippen molar-refractivity contribution in [1.82, 2.24) is 5.32 Å². The van der Waals surface area contributed by atoms with Crippen molar-refractivity contribution in [3.05, 3.63) is 41.5 Å². The first-order valence-electron chi connectivity index (χ1n) is 6.85. The summed E-state index contributed by atoms with van der Waals surface area (Å²) < 4.78 is 0. The van der Waals surface area contributed by atoms with Crippen LogP contribution < -0.4 is 5.32 Å². The van der Waals surface area contributed by atoms with E-state index in [1.54, 1.807) is 6.08 Å². The van der Waals surface area contributed by atoms with Gasteiger partial charge in [-0.3, -0.25) is 14.6 Å². The van der Waals surface area contributed by atoms with Crippen LogP contribution in [0.25, 0.3) is 5.57 Å². The summed E-state index contributed by atoms with van der Waals surface area (Å²) >= 11 is 0. The minimum atomic E-state index is -1.43. The number of hydrogen-bond acceptors (Lipinski definition) is 4. The van der Waals surface area contributed by atoms with Crippen LogP contribution in [0.4, 0.5) is 0 Å². The van der Waals surface area contributed by atoms with Crippen LogP contribution in [0.1, 0.15) is 18.1 Å². The Morgan fingerprint density at radius 3 is 2.73 bits per heavy atom. The highest BCUT2D eigenvalue weighted by atomic mass is 16.4. The molecule has 2 rings (SSSR count). The maximum Gasteiger partial charge on any atom is 0.322 e. The number of amides is 1. The molecule has 1 amide bonds. The predicted molar refractivity (Wildman–Crippen MR) is 82.7 cm³/mol. The Kier molecular flexibility index (Phi) is 4.42. The Morgan fingerprint density at radius 2 is 2.14 bits per heavy atom. The zero-order valence-electron chi connectivity index (χ0n) is 12.4. The lowest BCUT2D eigenvalue weighted by Gasteiger charge is -2.30. The van der Waals surface area contributed by atoms with Crippen LogP contribution in [0.3, 0.4) is 0 Å². The van der Waals surface area contributed by atoms with Gasteiger partial charge in [-0.1, -0.05) is 29.8 Å². The van der Waals surface area contributed by atoms with Crippen LogP contribution in [-0.4, -0.2) is 46.5 Å². The molecule has 0 saturated carbocycles. The van der Waals surface area contributed by atoms with Gasteiger partial charge in [0.25, 0.3) is 5.91 Å². The number of rotatable bonds is 4. The Labute approximate surface area is 128 Å². The summed E-state index contributed by atoms with van der Waals surface area (Å²) in [5.41, 5.74) is 1.27. The molecule has 1 aromatic rings. The first-order chi connectivity index (χ1) is 10.3. The zero-order valence-corrected chi connectivity index (χ0v) is 12.4. The second kappa shape index (κ2) is 6.11. The van der Waals surface area contributed by atoms with Crippen molar-refractivity contribution in [2.75, 3.05) is 6.54 Å². The van der Waals surface area contributed by atoms with Crippen molar-refractivity contribution in [2.45, 2.75) is 25.5 Å². The molecule has 1 aliphatic heterocycles. The van der Waals surface area contributed by atoms with Crippen LogP contribution in [0.15, 0.2) is 35.3 Å². The Morgan fingerprint density at radius 1 is 1.41 bits per heavy atom. The second-order valence-corrected chi connectivity index (χ2v) is 5.42. The molecule has 6 nitrogen and oxygen atoms in total. The number of aliphatic carboxylic acids is 1. The van der Waals surface area contributed by atoms with E-state index < -0.39 is 30.1 Å². The molecule has 0 spiro atoms. The number of aryl methyl sites for hydroxylation is 1. The molecule has 0 fully saturated rings. The van der Waals surface area contributed by atoms with E-state index in [1.165, 1.54) is 13.1 Å². The lowest BCUT2D eigenvalue weighted by atomic mass is 9.88. The predicted octanol–water partition coefficient (Wildman–Crippen LogP) is 0.783. The molecule has 3 N–H and O–H groups in total. The molecule has 0 bridgehead atoms. The quantitative estimate of drug-likeness (QED) is 0.765. The molecule has 2 unspecified atom stereocenters.